The van der Waals surface area contributed by atoms with Crippen molar-refractivity contribution in [1.82, 2.24) is 9.88 Å². The summed E-state index contributed by atoms with van der Waals surface area (Å²) in [6.45, 7) is 4.65. The van der Waals surface area contributed by atoms with Crippen LogP contribution in [0.1, 0.15) is 29.4 Å². The Morgan fingerprint density at radius 1 is 1.62 bits per heavy atom. The number of amides is 1. The predicted octanol–water partition coefficient (Wildman–Crippen LogP) is 0.987. The Morgan fingerprint density at radius 3 is 2.88 bits per heavy atom. The number of aryl methyl sites for hydroxylation is 1. The average Bonchev–Trinajstić information content (AvgIpc) is 2.24. The van der Waals surface area contributed by atoms with Crippen LogP contribution in [0.2, 0.25) is 0 Å². The fourth-order valence-electron chi connectivity index (χ4n) is 1.89. The highest BCUT2D eigenvalue weighted by molar-refractivity contribution is 5.94. The molecule has 2 heterocycles. The van der Waals surface area contributed by atoms with Gasteiger partial charge in [-0.1, -0.05) is 6.92 Å². The zero-order valence-corrected chi connectivity index (χ0v) is 9.60. The van der Waals surface area contributed by atoms with E-state index in [4.69, 9.17) is 0 Å². The number of β-amino-alcohol motifs (C(OH)–C–C–N with tert-alkyl or cyclic N) is 1. The summed E-state index contributed by atoms with van der Waals surface area (Å²) in [6.07, 6.45) is 2.32. The summed E-state index contributed by atoms with van der Waals surface area (Å²) in [5.74, 6) is -0.0244. The van der Waals surface area contributed by atoms with Crippen LogP contribution in [0.3, 0.4) is 0 Å². The summed E-state index contributed by atoms with van der Waals surface area (Å²) < 4.78 is 0. The number of hydrogen-bond donors (Lipinski definition) is 1. The lowest BCUT2D eigenvalue weighted by atomic mass is 9.91. The summed E-state index contributed by atoms with van der Waals surface area (Å²) in [6, 6.07) is 3.48. The summed E-state index contributed by atoms with van der Waals surface area (Å²) in [4.78, 5) is 17.7. The predicted molar refractivity (Wildman–Crippen MR) is 60.1 cm³/mol. The van der Waals surface area contributed by atoms with Crippen LogP contribution in [0.4, 0.5) is 0 Å². The third-order valence-electron chi connectivity index (χ3n) is 3.06. The van der Waals surface area contributed by atoms with Crippen LogP contribution in [0.25, 0.3) is 0 Å². The van der Waals surface area contributed by atoms with Gasteiger partial charge in [-0.3, -0.25) is 9.78 Å². The molecule has 1 saturated heterocycles. The quantitative estimate of drug-likeness (QED) is 0.808. The molecule has 4 heteroatoms. The minimum Gasteiger partial charge on any atom is -0.386 e. The summed E-state index contributed by atoms with van der Waals surface area (Å²) in [5, 5.41) is 9.83. The molecular weight excluding hydrogens is 204 g/mol. The minimum atomic E-state index is -0.669. The molecule has 0 spiro atoms. The van der Waals surface area contributed by atoms with Crippen molar-refractivity contribution in [3.05, 3.63) is 29.6 Å². The van der Waals surface area contributed by atoms with E-state index in [-0.39, 0.29) is 5.91 Å². The largest absolute Gasteiger partial charge is 0.386 e. The fourth-order valence-corrected chi connectivity index (χ4v) is 1.89. The van der Waals surface area contributed by atoms with Gasteiger partial charge in [0, 0.05) is 17.5 Å². The Kier molecular flexibility index (Phi) is 2.68. The molecule has 1 fully saturated rings. The topological polar surface area (TPSA) is 53.4 Å². The van der Waals surface area contributed by atoms with E-state index >= 15 is 0 Å². The molecule has 1 aromatic heterocycles. The molecule has 0 atom stereocenters. The maximum absolute atomic E-state index is 12.0. The van der Waals surface area contributed by atoms with Gasteiger partial charge in [-0.2, -0.15) is 0 Å². The van der Waals surface area contributed by atoms with Crippen LogP contribution < -0.4 is 0 Å². The van der Waals surface area contributed by atoms with E-state index in [0.717, 1.165) is 5.69 Å². The lowest BCUT2D eigenvalue weighted by molar-refractivity contribution is -0.0826. The zero-order chi connectivity index (χ0) is 11.8. The second-order valence-electron chi connectivity index (χ2n) is 4.43. The van der Waals surface area contributed by atoms with E-state index in [0.29, 0.717) is 25.1 Å². The fraction of sp³-hybridized carbons (Fsp3) is 0.500. The van der Waals surface area contributed by atoms with E-state index in [1.165, 1.54) is 0 Å². The maximum Gasteiger partial charge on any atom is 0.254 e. The lowest BCUT2D eigenvalue weighted by Gasteiger charge is -2.46. The highest BCUT2D eigenvalue weighted by Gasteiger charge is 2.42. The SMILES string of the molecule is CCC1(O)CN(C(=O)c2ccnc(C)c2)C1. The van der Waals surface area contributed by atoms with Gasteiger partial charge in [-0.15, -0.1) is 0 Å². The van der Waals surface area contributed by atoms with Crippen molar-refractivity contribution in [2.45, 2.75) is 25.9 Å². The molecule has 0 radical (unpaired) electrons. The first kappa shape index (κ1) is 11.1. The van der Waals surface area contributed by atoms with Gasteiger partial charge in [0.05, 0.1) is 18.7 Å². The van der Waals surface area contributed by atoms with Crippen molar-refractivity contribution in [1.29, 1.82) is 0 Å². The van der Waals surface area contributed by atoms with Gasteiger partial charge in [0.15, 0.2) is 0 Å². The number of aromatic nitrogens is 1. The number of likely N-dealkylation sites (tertiary alicyclic amines) is 1. The number of rotatable bonds is 2. The van der Waals surface area contributed by atoms with E-state index in [2.05, 4.69) is 4.98 Å². The number of carbonyl (C=O) groups is 1. The first-order valence-corrected chi connectivity index (χ1v) is 5.48. The highest BCUT2D eigenvalue weighted by atomic mass is 16.3. The van der Waals surface area contributed by atoms with Gasteiger partial charge in [-0.05, 0) is 25.5 Å². The molecule has 0 unspecified atom stereocenters. The summed E-state index contributed by atoms with van der Waals surface area (Å²) >= 11 is 0. The molecule has 1 aromatic rings. The molecule has 0 bridgehead atoms. The van der Waals surface area contributed by atoms with Crippen LogP contribution in [0.5, 0.6) is 0 Å². The zero-order valence-electron chi connectivity index (χ0n) is 9.60. The van der Waals surface area contributed by atoms with Gasteiger partial charge in [-0.25, -0.2) is 0 Å². The van der Waals surface area contributed by atoms with Gasteiger partial charge in [0.2, 0.25) is 0 Å². The number of aliphatic hydroxyl groups is 1. The average molecular weight is 220 g/mol. The minimum absolute atomic E-state index is 0.0244. The Labute approximate surface area is 94.9 Å². The van der Waals surface area contributed by atoms with Crippen LogP contribution in [-0.4, -0.2) is 39.6 Å². The highest BCUT2D eigenvalue weighted by Crippen LogP contribution is 2.25. The van der Waals surface area contributed by atoms with Crippen molar-refractivity contribution in [2.24, 2.45) is 0 Å². The van der Waals surface area contributed by atoms with Crippen molar-refractivity contribution in [3.8, 4) is 0 Å². The molecule has 4 nitrogen and oxygen atoms in total. The molecule has 0 aliphatic carbocycles. The van der Waals surface area contributed by atoms with Gasteiger partial charge >= 0.3 is 0 Å². The van der Waals surface area contributed by atoms with E-state index in [9.17, 15) is 9.90 Å². The molecule has 16 heavy (non-hydrogen) atoms. The van der Waals surface area contributed by atoms with E-state index < -0.39 is 5.60 Å². The summed E-state index contributed by atoms with van der Waals surface area (Å²) in [7, 11) is 0. The summed E-state index contributed by atoms with van der Waals surface area (Å²) in [5.41, 5.74) is 0.806. The number of pyridine rings is 1. The Balaban J connectivity index is 2.06. The van der Waals surface area contributed by atoms with Gasteiger partial charge in [0.1, 0.15) is 0 Å². The molecule has 1 N–H and O–H groups in total. The van der Waals surface area contributed by atoms with Crippen LogP contribution >= 0.6 is 0 Å². The van der Waals surface area contributed by atoms with Crippen molar-refractivity contribution in [2.75, 3.05) is 13.1 Å². The van der Waals surface area contributed by atoms with Crippen LogP contribution in [0, 0.1) is 6.92 Å². The second kappa shape index (κ2) is 3.87. The molecule has 2 rings (SSSR count). The monoisotopic (exact) mass is 220 g/mol. The van der Waals surface area contributed by atoms with Crippen molar-refractivity contribution in [3.63, 3.8) is 0 Å². The molecule has 1 amide bonds. The van der Waals surface area contributed by atoms with Crippen LogP contribution in [-0.2, 0) is 0 Å². The Bertz CT molecular complexity index is 411. The lowest BCUT2D eigenvalue weighted by Crippen LogP contribution is -2.63. The molecule has 0 aromatic carbocycles. The Morgan fingerprint density at radius 2 is 2.31 bits per heavy atom. The molecule has 1 aliphatic rings. The van der Waals surface area contributed by atoms with E-state index in [1.807, 2.05) is 13.8 Å². The first-order chi connectivity index (χ1) is 7.54. The van der Waals surface area contributed by atoms with Crippen molar-refractivity contribution >= 4 is 5.91 Å². The standard InChI is InChI=1S/C12H16N2O2/c1-3-12(16)7-14(8-12)11(15)10-4-5-13-9(2)6-10/h4-6,16H,3,7-8H2,1-2H3. The second-order valence-corrected chi connectivity index (χ2v) is 4.43. The van der Waals surface area contributed by atoms with Gasteiger partial charge < -0.3 is 10.0 Å². The maximum atomic E-state index is 12.0. The molecule has 0 saturated carbocycles. The van der Waals surface area contributed by atoms with E-state index in [1.54, 1.807) is 23.2 Å². The van der Waals surface area contributed by atoms with Crippen molar-refractivity contribution < 1.29 is 9.90 Å². The van der Waals surface area contributed by atoms with Gasteiger partial charge in [0.25, 0.3) is 5.91 Å². The number of nitrogens with zero attached hydrogens (tertiary/aromatic N) is 2. The Hall–Kier alpha value is -1.42. The molecular formula is C12H16N2O2. The first-order valence-electron chi connectivity index (χ1n) is 5.48. The molecule has 1 aliphatic heterocycles. The number of hydrogen-bond acceptors (Lipinski definition) is 3. The smallest absolute Gasteiger partial charge is 0.254 e. The third-order valence-corrected chi connectivity index (χ3v) is 3.06. The normalized spacial score (nSPS) is 18.1. The third kappa shape index (κ3) is 1.93. The number of carbonyl (C=O) groups excluding carboxylic acids is 1. The molecule has 86 valence electrons. The van der Waals surface area contributed by atoms with Crippen LogP contribution in [0.15, 0.2) is 18.3 Å².